The lowest BCUT2D eigenvalue weighted by molar-refractivity contribution is 0.0828. The van der Waals surface area contributed by atoms with E-state index in [9.17, 15) is 5.11 Å². The van der Waals surface area contributed by atoms with Crippen LogP contribution in [0.1, 0.15) is 51.8 Å². The first-order valence-electron chi connectivity index (χ1n) is 11.9. The minimum atomic E-state index is -1.03. The summed E-state index contributed by atoms with van der Waals surface area (Å²) < 4.78 is 17.2. The highest BCUT2D eigenvalue weighted by Gasteiger charge is 2.58. The van der Waals surface area contributed by atoms with Crippen LogP contribution >= 0.6 is 0 Å². The summed E-state index contributed by atoms with van der Waals surface area (Å²) in [6.07, 6.45) is 6.41. The van der Waals surface area contributed by atoms with Crippen LogP contribution in [0, 0.1) is 11.3 Å². The molecule has 1 saturated carbocycles. The molecule has 4 heterocycles. The van der Waals surface area contributed by atoms with E-state index in [2.05, 4.69) is 37.5 Å². The van der Waals surface area contributed by atoms with Crippen LogP contribution in [0.2, 0.25) is 0 Å². The first kappa shape index (κ1) is 21.9. The third-order valence-electron chi connectivity index (χ3n) is 7.58. The maximum absolute atomic E-state index is 15.8. The van der Waals surface area contributed by atoms with Gasteiger partial charge in [-0.25, -0.2) is 19.0 Å². The number of benzene rings is 1. The van der Waals surface area contributed by atoms with E-state index >= 15 is 4.39 Å². The summed E-state index contributed by atoms with van der Waals surface area (Å²) in [5, 5.41) is 35.8. The largest absolute Gasteiger partial charge is 0.507 e. The molecule has 2 saturated heterocycles. The van der Waals surface area contributed by atoms with Crippen molar-refractivity contribution in [3.8, 4) is 28.8 Å². The van der Waals surface area contributed by atoms with Gasteiger partial charge in [0.05, 0.1) is 17.9 Å². The normalized spacial score (nSPS) is 29.7. The van der Waals surface area contributed by atoms with Gasteiger partial charge in [0.1, 0.15) is 30.0 Å². The summed E-state index contributed by atoms with van der Waals surface area (Å²) in [5.41, 5.74) is 0.792. The molecule has 11 heteroatoms. The minimum absolute atomic E-state index is 0.0287. The molecule has 1 aromatic carbocycles. The van der Waals surface area contributed by atoms with Gasteiger partial charge >= 0.3 is 0 Å². The van der Waals surface area contributed by atoms with Crippen LogP contribution in [0.4, 0.5) is 10.3 Å². The average molecular weight is 476 g/mol. The Kier molecular flexibility index (Phi) is 4.79. The number of nitrogens with zero attached hydrogens (tertiary/aromatic N) is 8. The standard InChI is InChI=1S/C24H26FN9O/c1-23-7-8-24(2,32-23)21(25)18(10-23)34(14-3-4-14)22-27-12-17(29-30-22)16-6-5-15(9-19(16)35)33-13-28-20(11-26)31-33/h5-6,9,12-14,18,21,32,35H,3-4,7-8,10H2,1-2H3/t18-,21-,23-,24+/m0/s1. The highest BCUT2D eigenvalue weighted by molar-refractivity contribution is 5.68. The number of nitriles is 1. The van der Waals surface area contributed by atoms with Gasteiger partial charge in [-0.15, -0.1) is 15.3 Å². The number of nitrogens with one attached hydrogen (secondary N) is 1. The Labute approximate surface area is 201 Å². The lowest BCUT2D eigenvalue weighted by Gasteiger charge is -2.48. The number of fused-ring (bicyclic) bond motifs is 2. The number of hydrogen-bond acceptors (Lipinski definition) is 9. The van der Waals surface area contributed by atoms with Crippen molar-refractivity contribution in [3.05, 3.63) is 36.5 Å². The summed E-state index contributed by atoms with van der Waals surface area (Å²) in [6, 6.07) is 6.72. The fourth-order valence-corrected chi connectivity index (χ4v) is 5.70. The van der Waals surface area contributed by atoms with E-state index in [1.807, 2.05) is 17.9 Å². The van der Waals surface area contributed by atoms with Crippen LogP contribution < -0.4 is 10.2 Å². The summed E-state index contributed by atoms with van der Waals surface area (Å²) >= 11 is 0. The van der Waals surface area contributed by atoms with Crippen LogP contribution in [0.25, 0.3) is 16.9 Å². The smallest absolute Gasteiger partial charge is 0.252 e. The van der Waals surface area contributed by atoms with Crippen molar-refractivity contribution in [1.82, 2.24) is 35.3 Å². The molecule has 1 aliphatic carbocycles. The van der Waals surface area contributed by atoms with E-state index in [4.69, 9.17) is 5.26 Å². The lowest BCUT2D eigenvalue weighted by Crippen LogP contribution is -2.66. The number of aromatic nitrogens is 6. The molecule has 6 rings (SSSR count). The van der Waals surface area contributed by atoms with Crippen molar-refractivity contribution in [3.63, 3.8) is 0 Å². The Balaban J connectivity index is 1.28. The second-order valence-electron chi connectivity index (χ2n) is 10.4. The van der Waals surface area contributed by atoms with Crippen molar-refractivity contribution in [2.75, 3.05) is 4.90 Å². The van der Waals surface area contributed by atoms with Gasteiger partial charge in [-0.05, 0) is 58.1 Å². The van der Waals surface area contributed by atoms with Crippen LogP contribution in [0.5, 0.6) is 5.75 Å². The molecule has 0 unspecified atom stereocenters. The van der Waals surface area contributed by atoms with Gasteiger partial charge in [0.15, 0.2) is 0 Å². The Morgan fingerprint density at radius 2 is 2.06 bits per heavy atom. The molecule has 2 aromatic heterocycles. The van der Waals surface area contributed by atoms with Crippen molar-refractivity contribution >= 4 is 5.95 Å². The molecule has 3 aliphatic rings. The Morgan fingerprint density at radius 3 is 2.71 bits per heavy atom. The Hall–Kier alpha value is -3.65. The van der Waals surface area contributed by atoms with Crippen molar-refractivity contribution in [1.29, 1.82) is 5.26 Å². The van der Waals surface area contributed by atoms with Gasteiger partial charge in [-0.1, -0.05) is 0 Å². The second-order valence-corrected chi connectivity index (χ2v) is 10.4. The van der Waals surface area contributed by atoms with E-state index in [0.717, 1.165) is 25.7 Å². The van der Waals surface area contributed by atoms with E-state index in [1.54, 1.807) is 18.3 Å². The Bertz CT molecular complexity index is 1320. The molecule has 2 aliphatic heterocycles. The van der Waals surface area contributed by atoms with E-state index in [-0.39, 0.29) is 29.2 Å². The summed E-state index contributed by atoms with van der Waals surface area (Å²) in [5.74, 6) is 0.443. The molecule has 2 N–H and O–H groups in total. The number of hydrogen-bond donors (Lipinski definition) is 2. The SMILES string of the molecule is C[C@@]12CC[C@@](C)(N1)[C@@H](F)[C@@H](N(c1ncc(-c3ccc(-n4cnc(C#N)n4)cc3O)nn1)C1CC1)C2. The minimum Gasteiger partial charge on any atom is -0.507 e. The van der Waals surface area contributed by atoms with Crippen LogP contribution in [0.15, 0.2) is 30.7 Å². The molecule has 35 heavy (non-hydrogen) atoms. The van der Waals surface area contributed by atoms with Crippen LogP contribution in [-0.2, 0) is 0 Å². The molecular formula is C24H26FN9O. The van der Waals surface area contributed by atoms with Crippen molar-refractivity contribution < 1.29 is 9.50 Å². The quantitative estimate of drug-likeness (QED) is 0.572. The molecule has 2 bridgehead atoms. The van der Waals surface area contributed by atoms with Crippen molar-refractivity contribution in [2.45, 2.75) is 75.3 Å². The first-order chi connectivity index (χ1) is 16.8. The van der Waals surface area contributed by atoms with Gasteiger partial charge in [-0.3, -0.25) is 0 Å². The molecular weight excluding hydrogens is 449 g/mol. The zero-order valence-electron chi connectivity index (χ0n) is 19.6. The monoisotopic (exact) mass is 475 g/mol. The van der Waals surface area contributed by atoms with Gasteiger partial charge in [0, 0.05) is 28.7 Å². The number of piperidine rings is 1. The second kappa shape index (κ2) is 7.68. The fraction of sp³-hybridized carbons (Fsp3) is 0.500. The number of aromatic hydroxyl groups is 1. The molecule has 0 radical (unpaired) electrons. The molecule has 3 fully saturated rings. The average Bonchev–Trinajstić information content (AvgIpc) is 3.48. The zero-order valence-corrected chi connectivity index (χ0v) is 19.6. The molecule has 4 atom stereocenters. The Morgan fingerprint density at radius 1 is 1.23 bits per heavy atom. The molecule has 10 nitrogen and oxygen atoms in total. The van der Waals surface area contributed by atoms with Crippen molar-refractivity contribution in [2.24, 2.45) is 0 Å². The van der Waals surface area contributed by atoms with Gasteiger partial charge in [-0.2, -0.15) is 5.26 Å². The predicted octanol–water partition coefficient (Wildman–Crippen LogP) is 2.68. The summed E-state index contributed by atoms with van der Waals surface area (Å²) in [6.45, 7) is 4.16. The molecule has 0 spiro atoms. The maximum Gasteiger partial charge on any atom is 0.252 e. The fourth-order valence-electron chi connectivity index (χ4n) is 5.70. The summed E-state index contributed by atoms with van der Waals surface area (Å²) in [4.78, 5) is 10.5. The number of rotatable bonds is 5. The molecule has 0 amide bonds. The predicted molar refractivity (Wildman–Crippen MR) is 125 cm³/mol. The van der Waals surface area contributed by atoms with Gasteiger partial charge in [0.25, 0.3) is 5.82 Å². The van der Waals surface area contributed by atoms with Gasteiger partial charge < -0.3 is 15.3 Å². The van der Waals surface area contributed by atoms with Gasteiger partial charge in [0.2, 0.25) is 5.95 Å². The number of phenols is 1. The number of halogens is 1. The third kappa shape index (κ3) is 3.69. The highest BCUT2D eigenvalue weighted by Crippen LogP contribution is 2.47. The highest BCUT2D eigenvalue weighted by atomic mass is 19.1. The zero-order chi connectivity index (χ0) is 24.4. The van der Waals surface area contributed by atoms with Crippen LogP contribution in [-0.4, -0.2) is 64.4 Å². The van der Waals surface area contributed by atoms with Crippen LogP contribution in [0.3, 0.4) is 0 Å². The topological polar surface area (TPSA) is 129 Å². The molecule has 180 valence electrons. The van der Waals surface area contributed by atoms with E-state index in [1.165, 1.54) is 17.1 Å². The third-order valence-corrected chi connectivity index (χ3v) is 7.58. The number of phenolic OH excluding ortho intramolecular Hbond substituents is 1. The first-order valence-corrected chi connectivity index (χ1v) is 11.9. The van der Waals surface area contributed by atoms with E-state index < -0.39 is 11.7 Å². The van der Waals surface area contributed by atoms with E-state index in [0.29, 0.717) is 29.3 Å². The number of anilines is 1. The summed E-state index contributed by atoms with van der Waals surface area (Å²) in [7, 11) is 0. The number of alkyl halides is 1. The lowest BCUT2D eigenvalue weighted by atomic mass is 9.82. The molecule has 3 aromatic rings. The maximum atomic E-state index is 15.8.